The first-order valence-electron chi connectivity index (χ1n) is 4.76. The van der Waals surface area contributed by atoms with Crippen LogP contribution in [0, 0.1) is 26.2 Å². The Kier molecular flexibility index (Phi) is 5.46. The van der Waals surface area contributed by atoms with Crippen molar-refractivity contribution < 1.29 is 4.74 Å². The number of allylic oxidation sites excluding steroid dienone is 1. The lowest BCUT2D eigenvalue weighted by molar-refractivity contribution is 0.337. The lowest BCUT2D eigenvalue weighted by Gasteiger charge is -2.10. The van der Waals surface area contributed by atoms with Gasteiger partial charge in [0.1, 0.15) is 23.5 Å². The van der Waals surface area contributed by atoms with Gasteiger partial charge < -0.3 is 4.74 Å². The molecule has 5 heteroatoms. The molecule has 1 aromatic rings. The number of nitrogens with zero attached hydrogens (tertiary/aromatic N) is 2. The highest BCUT2D eigenvalue weighted by atomic mass is 127. The van der Waals surface area contributed by atoms with Gasteiger partial charge in [-0.25, -0.2) is 0 Å². The van der Waals surface area contributed by atoms with E-state index in [4.69, 9.17) is 15.3 Å². The molecule has 0 heterocycles. The second-order valence-corrected chi connectivity index (χ2v) is 5.10. The van der Waals surface area contributed by atoms with Crippen molar-refractivity contribution in [3.8, 4) is 17.9 Å². The van der Waals surface area contributed by atoms with E-state index in [1.165, 1.54) is 6.08 Å². The summed E-state index contributed by atoms with van der Waals surface area (Å²) in [7, 11) is 0. The van der Waals surface area contributed by atoms with Gasteiger partial charge in [0.05, 0.1) is 10.2 Å². The van der Waals surface area contributed by atoms with Crippen LogP contribution < -0.4 is 4.74 Å². The van der Waals surface area contributed by atoms with Crippen molar-refractivity contribution in [2.75, 3.05) is 6.61 Å². The maximum absolute atomic E-state index is 8.75. The van der Waals surface area contributed by atoms with E-state index in [2.05, 4.69) is 38.5 Å². The second-order valence-electron chi connectivity index (χ2n) is 3.02. The van der Waals surface area contributed by atoms with Crippen LogP contribution in [0.2, 0.25) is 0 Å². The van der Waals surface area contributed by atoms with Crippen LogP contribution in [-0.4, -0.2) is 6.61 Å². The number of hydrogen-bond acceptors (Lipinski definition) is 3. The van der Waals surface area contributed by atoms with E-state index >= 15 is 0 Å². The molecule has 1 rings (SSSR count). The molecule has 0 saturated carbocycles. The van der Waals surface area contributed by atoms with Crippen molar-refractivity contribution in [2.45, 2.75) is 6.92 Å². The number of halogens is 2. The number of hydrogen-bond donors (Lipinski definition) is 0. The van der Waals surface area contributed by atoms with Gasteiger partial charge in [0.25, 0.3) is 0 Å². The van der Waals surface area contributed by atoms with Crippen LogP contribution in [0.4, 0.5) is 0 Å². The standard InChI is InChI=1S/C12H8BrIN2O/c1-2-17-12-9(3-8(6-15)7-16)4-10(13)5-11(12)14/h3-5H,2H2,1H3. The highest BCUT2D eigenvalue weighted by molar-refractivity contribution is 14.1. The van der Waals surface area contributed by atoms with Gasteiger partial charge in [-0.1, -0.05) is 15.9 Å². The molecule has 0 atom stereocenters. The summed E-state index contributed by atoms with van der Waals surface area (Å²) in [5, 5.41) is 17.5. The van der Waals surface area contributed by atoms with Crippen molar-refractivity contribution in [3.63, 3.8) is 0 Å². The van der Waals surface area contributed by atoms with Crippen LogP contribution in [0.3, 0.4) is 0 Å². The molecule has 3 nitrogen and oxygen atoms in total. The fourth-order valence-corrected chi connectivity index (χ4v) is 2.94. The summed E-state index contributed by atoms with van der Waals surface area (Å²) in [6, 6.07) is 7.41. The van der Waals surface area contributed by atoms with Gasteiger partial charge in [0.2, 0.25) is 0 Å². The van der Waals surface area contributed by atoms with Crippen molar-refractivity contribution in [3.05, 3.63) is 31.3 Å². The van der Waals surface area contributed by atoms with E-state index in [1.807, 2.05) is 31.2 Å². The topological polar surface area (TPSA) is 56.8 Å². The largest absolute Gasteiger partial charge is 0.492 e. The average molecular weight is 403 g/mol. The third-order valence-electron chi connectivity index (χ3n) is 1.87. The molecular weight excluding hydrogens is 395 g/mol. The minimum absolute atomic E-state index is 0.0554. The Labute approximate surface area is 122 Å². The third kappa shape index (κ3) is 3.72. The predicted octanol–water partition coefficient (Wildman–Crippen LogP) is 3.88. The number of nitriles is 2. The number of rotatable bonds is 3. The van der Waals surface area contributed by atoms with E-state index in [9.17, 15) is 0 Å². The molecule has 86 valence electrons. The van der Waals surface area contributed by atoms with Gasteiger partial charge in [0.15, 0.2) is 0 Å². The van der Waals surface area contributed by atoms with Gasteiger partial charge in [-0.3, -0.25) is 0 Å². The smallest absolute Gasteiger partial charge is 0.139 e. The molecule has 0 spiro atoms. The second kappa shape index (κ2) is 6.63. The number of benzene rings is 1. The van der Waals surface area contributed by atoms with E-state index in [1.54, 1.807) is 0 Å². The highest BCUT2D eigenvalue weighted by Gasteiger charge is 2.09. The zero-order chi connectivity index (χ0) is 12.8. The summed E-state index contributed by atoms with van der Waals surface area (Å²) in [5.41, 5.74) is 0.781. The molecule has 0 fully saturated rings. The zero-order valence-electron chi connectivity index (χ0n) is 9.00. The summed E-state index contributed by atoms with van der Waals surface area (Å²) < 4.78 is 7.33. The molecule has 1 aromatic carbocycles. The molecule has 0 radical (unpaired) electrons. The van der Waals surface area contributed by atoms with Crippen LogP contribution in [-0.2, 0) is 0 Å². The maximum atomic E-state index is 8.75. The van der Waals surface area contributed by atoms with Crippen LogP contribution in [0.25, 0.3) is 6.08 Å². The maximum Gasteiger partial charge on any atom is 0.139 e. The van der Waals surface area contributed by atoms with Crippen molar-refractivity contribution in [2.24, 2.45) is 0 Å². The third-order valence-corrected chi connectivity index (χ3v) is 3.13. The molecule has 0 aromatic heterocycles. The van der Waals surface area contributed by atoms with E-state index in [0.717, 1.165) is 13.6 Å². The SMILES string of the molecule is CCOc1c(I)cc(Br)cc1C=C(C#N)C#N. The normalized spacial score (nSPS) is 9.00. The Morgan fingerprint density at radius 1 is 1.47 bits per heavy atom. The van der Waals surface area contributed by atoms with Crippen molar-refractivity contribution in [1.29, 1.82) is 10.5 Å². The molecule has 0 amide bonds. The lowest BCUT2D eigenvalue weighted by Crippen LogP contribution is -1.97. The van der Waals surface area contributed by atoms with Gasteiger partial charge in [-0.15, -0.1) is 0 Å². The number of ether oxygens (including phenoxy) is 1. The first-order chi connectivity index (χ1) is 8.12. The molecular formula is C12H8BrIN2O. The minimum atomic E-state index is 0.0554. The Morgan fingerprint density at radius 3 is 2.65 bits per heavy atom. The van der Waals surface area contributed by atoms with Crippen LogP contribution >= 0.6 is 38.5 Å². The zero-order valence-corrected chi connectivity index (χ0v) is 12.7. The Balaban J connectivity index is 3.37. The molecule has 0 aliphatic carbocycles. The summed E-state index contributed by atoms with van der Waals surface area (Å²) in [6.45, 7) is 2.42. The van der Waals surface area contributed by atoms with E-state index in [0.29, 0.717) is 12.4 Å². The average Bonchev–Trinajstić information content (AvgIpc) is 2.30. The fraction of sp³-hybridized carbons (Fsp3) is 0.167. The van der Waals surface area contributed by atoms with E-state index in [-0.39, 0.29) is 5.57 Å². The quantitative estimate of drug-likeness (QED) is 0.569. The molecule has 17 heavy (non-hydrogen) atoms. The van der Waals surface area contributed by atoms with Crippen LogP contribution in [0.5, 0.6) is 5.75 Å². The van der Waals surface area contributed by atoms with Gasteiger partial charge in [-0.05, 0) is 47.7 Å². The lowest BCUT2D eigenvalue weighted by atomic mass is 10.1. The molecule has 0 aliphatic heterocycles. The first kappa shape index (κ1) is 14.0. The molecule has 0 saturated heterocycles. The Bertz CT molecular complexity index is 525. The highest BCUT2D eigenvalue weighted by Crippen LogP contribution is 2.31. The Morgan fingerprint density at radius 2 is 2.12 bits per heavy atom. The first-order valence-corrected chi connectivity index (χ1v) is 6.63. The Hall–Kier alpha value is -1.05. The molecule has 0 bridgehead atoms. The minimum Gasteiger partial charge on any atom is -0.492 e. The van der Waals surface area contributed by atoms with Crippen molar-refractivity contribution in [1.82, 2.24) is 0 Å². The monoisotopic (exact) mass is 402 g/mol. The fourth-order valence-electron chi connectivity index (χ4n) is 1.23. The van der Waals surface area contributed by atoms with Crippen LogP contribution in [0.1, 0.15) is 12.5 Å². The molecule has 0 unspecified atom stereocenters. The van der Waals surface area contributed by atoms with Gasteiger partial charge in [-0.2, -0.15) is 10.5 Å². The van der Waals surface area contributed by atoms with E-state index < -0.39 is 0 Å². The molecule has 0 aliphatic rings. The predicted molar refractivity (Wildman–Crippen MR) is 77.2 cm³/mol. The summed E-state index contributed by atoms with van der Waals surface area (Å²) in [5.74, 6) is 0.694. The summed E-state index contributed by atoms with van der Waals surface area (Å²) >= 11 is 5.53. The summed E-state index contributed by atoms with van der Waals surface area (Å²) in [6.07, 6.45) is 1.53. The van der Waals surface area contributed by atoms with Gasteiger partial charge >= 0.3 is 0 Å². The van der Waals surface area contributed by atoms with Crippen molar-refractivity contribution >= 4 is 44.6 Å². The van der Waals surface area contributed by atoms with Crippen LogP contribution in [0.15, 0.2) is 22.2 Å². The van der Waals surface area contributed by atoms with Gasteiger partial charge in [0, 0.05) is 10.0 Å². The summed E-state index contributed by atoms with van der Waals surface area (Å²) in [4.78, 5) is 0. The molecule has 0 N–H and O–H groups in total.